The standard InChI is InChI=1S/C21H20N4O3/c1-13-4-9-17(14(2)10-13)23-18(26)12-25-19(27)21(3,24-20(25)28)16-7-5-15(11-22)6-8-16/h4-10H,12H2,1-3H3,(H,23,26)(H,24,28). The number of carbonyl (C=O) groups is 3. The highest BCUT2D eigenvalue weighted by atomic mass is 16.2. The second-order valence-electron chi connectivity index (χ2n) is 7.00. The molecular formula is C21H20N4O3. The summed E-state index contributed by atoms with van der Waals surface area (Å²) in [5.41, 5.74) is 2.31. The smallest absolute Gasteiger partial charge is 0.324 e. The van der Waals surface area contributed by atoms with Gasteiger partial charge in [-0.15, -0.1) is 0 Å². The van der Waals surface area contributed by atoms with Gasteiger partial charge in [0.25, 0.3) is 5.91 Å². The lowest BCUT2D eigenvalue weighted by Gasteiger charge is -2.22. The van der Waals surface area contributed by atoms with Crippen molar-refractivity contribution in [3.63, 3.8) is 0 Å². The molecule has 1 atom stereocenters. The van der Waals surface area contributed by atoms with Crippen LogP contribution in [0, 0.1) is 25.2 Å². The van der Waals surface area contributed by atoms with E-state index >= 15 is 0 Å². The van der Waals surface area contributed by atoms with Crippen LogP contribution >= 0.6 is 0 Å². The Labute approximate surface area is 163 Å². The summed E-state index contributed by atoms with van der Waals surface area (Å²) in [5, 5.41) is 14.3. The summed E-state index contributed by atoms with van der Waals surface area (Å²) in [4.78, 5) is 38.6. The van der Waals surface area contributed by atoms with Crippen LogP contribution in [-0.4, -0.2) is 29.3 Å². The Hall–Kier alpha value is -3.66. The van der Waals surface area contributed by atoms with Crippen molar-refractivity contribution < 1.29 is 14.4 Å². The van der Waals surface area contributed by atoms with Gasteiger partial charge in [0.15, 0.2) is 0 Å². The normalized spacial score (nSPS) is 18.6. The molecule has 1 aliphatic rings. The van der Waals surface area contributed by atoms with Crippen LogP contribution in [0.2, 0.25) is 0 Å². The first-order valence-electron chi connectivity index (χ1n) is 8.76. The number of rotatable bonds is 4. The highest BCUT2D eigenvalue weighted by molar-refractivity contribution is 6.10. The van der Waals surface area contributed by atoms with Gasteiger partial charge in [0.05, 0.1) is 11.6 Å². The maximum absolute atomic E-state index is 12.9. The second-order valence-corrected chi connectivity index (χ2v) is 7.00. The number of benzene rings is 2. The molecule has 3 rings (SSSR count). The summed E-state index contributed by atoms with van der Waals surface area (Å²) in [7, 11) is 0. The lowest BCUT2D eigenvalue weighted by atomic mass is 9.91. The lowest BCUT2D eigenvalue weighted by molar-refractivity contribution is -0.133. The number of carbonyl (C=O) groups excluding carboxylic acids is 3. The van der Waals surface area contributed by atoms with E-state index in [4.69, 9.17) is 5.26 Å². The average Bonchev–Trinajstić information content (AvgIpc) is 2.88. The Morgan fingerprint density at radius 3 is 2.46 bits per heavy atom. The van der Waals surface area contributed by atoms with E-state index in [-0.39, 0.29) is 6.54 Å². The molecule has 0 radical (unpaired) electrons. The van der Waals surface area contributed by atoms with Crippen LogP contribution in [0.5, 0.6) is 0 Å². The van der Waals surface area contributed by atoms with Crippen molar-refractivity contribution in [2.45, 2.75) is 26.3 Å². The van der Waals surface area contributed by atoms with Gasteiger partial charge in [-0.3, -0.25) is 14.5 Å². The van der Waals surface area contributed by atoms with Gasteiger partial charge in [-0.05, 0) is 50.1 Å². The highest BCUT2D eigenvalue weighted by Crippen LogP contribution is 2.29. The summed E-state index contributed by atoms with van der Waals surface area (Å²) in [6.45, 7) is 5.02. The Morgan fingerprint density at radius 2 is 1.86 bits per heavy atom. The van der Waals surface area contributed by atoms with Crippen molar-refractivity contribution >= 4 is 23.5 Å². The Morgan fingerprint density at radius 1 is 1.18 bits per heavy atom. The molecule has 4 amide bonds. The maximum atomic E-state index is 12.9. The van der Waals surface area contributed by atoms with Crippen LogP contribution in [0.4, 0.5) is 10.5 Å². The number of urea groups is 1. The molecule has 28 heavy (non-hydrogen) atoms. The fourth-order valence-electron chi connectivity index (χ4n) is 3.20. The minimum atomic E-state index is -1.29. The van der Waals surface area contributed by atoms with Crippen molar-refractivity contribution in [2.75, 3.05) is 11.9 Å². The van der Waals surface area contributed by atoms with Crippen LogP contribution < -0.4 is 10.6 Å². The van der Waals surface area contributed by atoms with Crippen molar-refractivity contribution in [3.8, 4) is 6.07 Å². The first kappa shape index (κ1) is 19.1. The van der Waals surface area contributed by atoms with E-state index in [2.05, 4.69) is 10.6 Å². The van der Waals surface area contributed by atoms with Gasteiger partial charge >= 0.3 is 6.03 Å². The van der Waals surface area contributed by atoms with Gasteiger partial charge in [0.1, 0.15) is 12.1 Å². The SMILES string of the molecule is Cc1ccc(NC(=O)CN2C(=O)NC(C)(c3ccc(C#N)cc3)C2=O)c(C)c1. The predicted octanol–water partition coefficient (Wildman–Crippen LogP) is 2.58. The van der Waals surface area contributed by atoms with Gasteiger partial charge < -0.3 is 10.6 Å². The van der Waals surface area contributed by atoms with E-state index in [0.29, 0.717) is 16.8 Å². The average molecular weight is 376 g/mol. The second kappa shape index (κ2) is 7.16. The van der Waals surface area contributed by atoms with Gasteiger partial charge in [0, 0.05) is 5.69 Å². The molecule has 0 aliphatic carbocycles. The highest BCUT2D eigenvalue weighted by Gasteiger charge is 2.49. The third-order valence-corrected chi connectivity index (χ3v) is 4.82. The van der Waals surface area contributed by atoms with E-state index in [0.717, 1.165) is 16.0 Å². The molecule has 1 unspecified atom stereocenters. The number of nitrogens with one attached hydrogen (secondary N) is 2. The molecule has 0 aromatic heterocycles. The van der Waals surface area contributed by atoms with E-state index in [9.17, 15) is 14.4 Å². The zero-order chi connectivity index (χ0) is 20.5. The summed E-state index contributed by atoms with van der Waals surface area (Å²) >= 11 is 0. The molecule has 1 fully saturated rings. The van der Waals surface area contributed by atoms with Crippen LogP contribution in [0.3, 0.4) is 0 Å². The van der Waals surface area contributed by atoms with Gasteiger partial charge in [-0.25, -0.2) is 4.79 Å². The summed E-state index contributed by atoms with van der Waals surface area (Å²) in [5.74, 6) is -0.975. The minimum Gasteiger partial charge on any atom is -0.324 e. The number of anilines is 1. The van der Waals surface area contributed by atoms with Crippen LogP contribution in [0.1, 0.15) is 29.2 Å². The molecule has 142 valence electrons. The molecule has 1 heterocycles. The van der Waals surface area contributed by atoms with Crippen molar-refractivity contribution in [1.82, 2.24) is 10.2 Å². The quantitative estimate of drug-likeness (QED) is 0.801. The molecule has 0 saturated carbocycles. The van der Waals surface area contributed by atoms with E-state index in [1.807, 2.05) is 32.0 Å². The molecule has 1 saturated heterocycles. The summed E-state index contributed by atoms with van der Waals surface area (Å²) in [6.07, 6.45) is 0. The first-order valence-corrected chi connectivity index (χ1v) is 8.76. The molecule has 0 bridgehead atoms. The summed E-state index contributed by atoms with van der Waals surface area (Å²) in [6, 6.07) is 13.4. The predicted molar refractivity (Wildman–Crippen MR) is 103 cm³/mol. The van der Waals surface area contributed by atoms with Gasteiger partial charge in [0.2, 0.25) is 5.91 Å². The largest absolute Gasteiger partial charge is 0.325 e. The molecule has 2 aromatic carbocycles. The molecule has 7 nitrogen and oxygen atoms in total. The fraction of sp³-hybridized carbons (Fsp3) is 0.238. The monoisotopic (exact) mass is 376 g/mol. The molecule has 1 aliphatic heterocycles. The molecule has 2 aromatic rings. The minimum absolute atomic E-state index is 0.385. The van der Waals surface area contributed by atoms with Gasteiger partial charge in [-0.2, -0.15) is 5.26 Å². The fourth-order valence-corrected chi connectivity index (χ4v) is 3.20. The summed E-state index contributed by atoms with van der Waals surface area (Å²) < 4.78 is 0. The number of nitriles is 1. The van der Waals surface area contributed by atoms with E-state index < -0.39 is 23.4 Å². The van der Waals surface area contributed by atoms with E-state index in [1.54, 1.807) is 37.3 Å². The first-order chi connectivity index (χ1) is 13.2. The zero-order valence-corrected chi connectivity index (χ0v) is 15.9. The third kappa shape index (κ3) is 3.45. The van der Waals surface area contributed by atoms with Crippen molar-refractivity contribution in [3.05, 3.63) is 64.7 Å². The van der Waals surface area contributed by atoms with Crippen molar-refractivity contribution in [2.24, 2.45) is 0 Å². The molecular weight excluding hydrogens is 356 g/mol. The number of amides is 4. The lowest BCUT2D eigenvalue weighted by Crippen LogP contribution is -2.42. The number of nitrogens with zero attached hydrogens (tertiary/aromatic N) is 2. The van der Waals surface area contributed by atoms with Crippen LogP contribution in [0.15, 0.2) is 42.5 Å². The van der Waals surface area contributed by atoms with Crippen molar-refractivity contribution in [1.29, 1.82) is 5.26 Å². The molecule has 2 N–H and O–H groups in total. The zero-order valence-electron chi connectivity index (χ0n) is 15.9. The Balaban J connectivity index is 1.76. The maximum Gasteiger partial charge on any atom is 0.325 e. The molecule has 7 heteroatoms. The van der Waals surface area contributed by atoms with Crippen LogP contribution in [-0.2, 0) is 15.1 Å². The Bertz CT molecular complexity index is 1010. The number of aryl methyl sites for hydroxylation is 2. The number of imide groups is 1. The van der Waals surface area contributed by atoms with Gasteiger partial charge in [-0.1, -0.05) is 29.8 Å². The van der Waals surface area contributed by atoms with Crippen LogP contribution in [0.25, 0.3) is 0 Å². The third-order valence-electron chi connectivity index (χ3n) is 4.82. The number of hydrogen-bond donors (Lipinski definition) is 2. The Kier molecular flexibility index (Phi) is 4.89. The molecule has 0 spiro atoms. The topological polar surface area (TPSA) is 102 Å². The number of hydrogen-bond acceptors (Lipinski definition) is 4. The van der Waals surface area contributed by atoms with E-state index in [1.165, 1.54) is 0 Å².